The number of allylic oxidation sites excluding steroid dienone is 2. The number of carbonyl (C=O) groups is 1. The zero-order valence-corrected chi connectivity index (χ0v) is 8.74. The van der Waals surface area contributed by atoms with E-state index in [1.807, 2.05) is 0 Å². The maximum atomic E-state index is 11.4. The second-order valence-electron chi connectivity index (χ2n) is 4.60. The van der Waals surface area contributed by atoms with Crippen molar-refractivity contribution in [2.75, 3.05) is 6.61 Å². The van der Waals surface area contributed by atoms with Crippen molar-refractivity contribution in [2.45, 2.75) is 32.6 Å². The molecule has 0 spiro atoms. The van der Waals surface area contributed by atoms with Crippen LogP contribution >= 0.6 is 0 Å². The summed E-state index contributed by atoms with van der Waals surface area (Å²) in [7, 11) is 0. The van der Waals surface area contributed by atoms with E-state index in [-0.39, 0.29) is 11.9 Å². The molecule has 0 heterocycles. The van der Waals surface area contributed by atoms with Crippen LogP contribution in [-0.2, 0) is 9.53 Å². The van der Waals surface area contributed by atoms with Gasteiger partial charge in [-0.1, -0.05) is 19.1 Å². The number of hydrogen-bond acceptors (Lipinski definition) is 2. The molecule has 2 heteroatoms. The van der Waals surface area contributed by atoms with Gasteiger partial charge in [-0.05, 0) is 37.5 Å². The highest BCUT2D eigenvalue weighted by Gasteiger charge is 2.40. The molecule has 2 aliphatic rings. The molecule has 0 radical (unpaired) electrons. The molecular weight excluding hydrogens is 176 g/mol. The Balaban J connectivity index is 1.66. The summed E-state index contributed by atoms with van der Waals surface area (Å²) >= 11 is 0. The van der Waals surface area contributed by atoms with Crippen LogP contribution in [0.3, 0.4) is 0 Å². The highest BCUT2D eigenvalue weighted by Crippen LogP contribution is 2.38. The predicted molar refractivity (Wildman–Crippen MR) is 54.7 cm³/mol. The van der Waals surface area contributed by atoms with Gasteiger partial charge in [-0.2, -0.15) is 0 Å². The minimum absolute atomic E-state index is 0.0343. The molecule has 14 heavy (non-hydrogen) atoms. The van der Waals surface area contributed by atoms with Crippen LogP contribution < -0.4 is 0 Å². The summed E-state index contributed by atoms with van der Waals surface area (Å²) in [5.74, 6) is 1.38. The molecule has 2 aliphatic carbocycles. The molecule has 1 fully saturated rings. The summed E-state index contributed by atoms with van der Waals surface area (Å²) < 4.78 is 5.30. The van der Waals surface area contributed by atoms with Gasteiger partial charge in [0.05, 0.1) is 12.5 Å². The number of carbonyl (C=O) groups excluding carboxylic acids is 1. The number of ether oxygens (including phenoxy) is 1. The Hall–Kier alpha value is -0.790. The van der Waals surface area contributed by atoms with Crippen LogP contribution in [0.2, 0.25) is 0 Å². The molecule has 3 atom stereocenters. The summed E-state index contributed by atoms with van der Waals surface area (Å²) in [6.07, 6.45) is 8.83. The predicted octanol–water partition coefficient (Wildman–Crippen LogP) is 2.54. The van der Waals surface area contributed by atoms with Gasteiger partial charge in [0.25, 0.3) is 0 Å². The van der Waals surface area contributed by atoms with Crippen LogP contribution in [0, 0.1) is 17.8 Å². The van der Waals surface area contributed by atoms with Gasteiger partial charge in [0.1, 0.15) is 0 Å². The monoisotopic (exact) mass is 194 g/mol. The average Bonchev–Trinajstić information content (AvgIpc) is 2.94. The molecule has 0 aliphatic heterocycles. The van der Waals surface area contributed by atoms with Gasteiger partial charge in [-0.15, -0.1) is 0 Å². The van der Waals surface area contributed by atoms with Crippen molar-refractivity contribution in [1.29, 1.82) is 0 Å². The smallest absolute Gasteiger partial charge is 0.309 e. The maximum absolute atomic E-state index is 11.4. The first-order valence-electron chi connectivity index (χ1n) is 5.59. The summed E-state index contributed by atoms with van der Waals surface area (Å²) in [5, 5.41) is 0. The van der Waals surface area contributed by atoms with E-state index in [2.05, 4.69) is 19.1 Å². The van der Waals surface area contributed by atoms with Crippen molar-refractivity contribution in [3.05, 3.63) is 12.2 Å². The van der Waals surface area contributed by atoms with Crippen molar-refractivity contribution >= 4 is 5.97 Å². The standard InChI is InChI=1S/C12H18O2/c1-9-7-11(9)12(13)14-8-10-5-3-2-4-6-10/h2-3,9-11H,4-8H2,1H3. The van der Waals surface area contributed by atoms with Crippen LogP contribution in [0.15, 0.2) is 12.2 Å². The van der Waals surface area contributed by atoms with Crippen LogP contribution in [0.5, 0.6) is 0 Å². The van der Waals surface area contributed by atoms with E-state index >= 15 is 0 Å². The average molecular weight is 194 g/mol. The van der Waals surface area contributed by atoms with Crippen LogP contribution in [0.1, 0.15) is 32.6 Å². The maximum Gasteiger partial charge on any atom is 0.309 e. The second kappa shape index (κ2) is 4.16. The van der Waals surface area contributed by atoms with Crippen molar-refractivity contribution in [1.82, 2.24) is 0 Å². The van der Waals surface area contributed by atoms with Gasteiger partial charge in [0.15, 0.2) is 0 Å². The van der Waals surface area contributed by atoms with Crippen LogP contribution in [-0.4, -0.2) is 12.6 Å². The Labute approximate surface area is 85.3 Å². The molecule has 2 rings (SSSR count). The van der Waals surface area contributed by atoms with Gasteiger partial charge in [-0.25, -0.2) is 0 Å². The number of esters is 1. The van der Waals surface area contributed by atoms with E-state index in [1.54, 1.807) is 0 Å². The third kappa shape index (κ3) is 2.37. The fourth-order valence-electron chi connectivity index (χ4n) is 1.97. The molecule has 0 bridgehead atoms. The van der Waals surface area contributed by atoms with Crippen LogP contribution in [0.4, 0.5) is 0 Å². The van der Waals surface area contributed by atoms with E-state index in [0.29, 0.717) is 18.4 Å². The molecule has 0 saturated heterocycles. The molecule has 0 aromatic heterocycles. The Kier molecular flexibility index (Phi) is 2.90. The second-order valence-corrected chi connectivity index (χ2v) is 4.60. The minimum atomic E-state index is 0.0343. The lowest BCUT2D eigenvalue weighted by atomic mass is 9.95. The van der Waals surface area contributed by atoms with E-state index in [4.69, 9.17) is 4.74 Å². The molecule has 0 N–H and O–H groups in total. The molecule has 0 amide bonds. The summed E-state index contributed by atoms with van der Waals surface area (Å²) in [6.45, 7) is 2.74. The quantitative estimate of drug-likeness (QED) is 0.510. The van der Waals surface area contributed by atoms with Crippen molar-refractivity contribution in [2.24, 2.45) is 17.8 Å². The number of rotatable bonds is 3. The molecule has 0 aromatic carbocycles. The zero-order valence-electron chi connectivity index (χ0n) is 8.74. The Morgan fingerprint density at radius 1 is 1.50 bits per heavy atom. The minimum Gasteiger partial charge on any atom is -0.465 e. The van der Waals surface area contributed by atoms with Crippen LogP contribution in [0.25, 0.3) is 0 Å². The summed E-state index contributed by atoms with van der Waals surface area (Å²) in [4.78, 5) is 11.4. The van der Waals surface area contributed by atoms with Crippen molar-refractivity contribution < 1.29 is 9.53 Å². The first-order chi connectivity index (χ1) is 6.77. The summed E-state index contributed by atoms with van der Waals surface area (Å²) in [6, 6.07) is 0. The Morgan fingerprint density at radius 3 is 2.86 bits per heavy atom. The van der Waals surface area contributed by atoms with Gasteiger partial charge < -0.3 is 4.74 Å². The van der Waals surface area contributed by atoms with Crippen molar-refractivity contribution in [3.63, 3.8) is 0 Å². The topological polar surface area (TPSA) is 26.3 Å². The summed E-state index contributed by atoms with van der Waals surface area (Å²) in [5.41, 5.74) is 0. The van der Waals surface area contributed by atoms with Gasteiger partial charge in [-0.3, -0.25) is 4.79 Å². The van der Waals surface area contributed by atoms with Gasteiger partial charge in [0.2, 0.25) is 0 Å². The van der Waals surface area contributed by atoms with E-state index in [0.717, 1.165) is 19.3 Å². The fraction of sp³-hybridized carbons (Fsp3) is 0.750. The molecule has 3 unspecified atom stereocenters. The molecule has 1 saturated carbocycles. The van der Waals surface area contributed by atoms with Gasteiger partial charge >= 0.3 is 5.97 Å². The molecule has 2 nitrogen and oxygen atoms in total. The third-order valence-corrected chi connectivity index (χ3v) is 3.25. The Bertz CT molecular complexity index is 245. The molecule has 0 aromatic rings. The fourth-order valence-corrected chi connectivity index (χ4v) is 1.97. The van der Waals surface area contributed by atoms with Crippen molar-refractivity contribution in [3.8, 4) is 0 Å². The lowest BCUT2D eigenvalue weighted by molar-refractivity contribution is -0.147. The highest BCUT2D eigenvalue weighted by atomic mass is 16.5. The normalized spacial score (nSPS) is 35.4. The lowest BCUT2D eigenvalue weighted by Crippen LogP contribution is -2.16. The third-order valence-electron chi connectivity index (χ3n) is 3.25. The zero-order chi connectivity index (χ0) is 9.97. The van der Waals surface area contributed by atoms with E-state index in [1.165, 1.54) is 6.42 Å². The Morgan fingerprint density at radius 2 is 2.29 bits per heavy atom. The lowest BCUT2D eigenvalue weighted by Gasteiger charge is -2.17. The SMILES string of the molecule is CC1CC1C(=O)OCC1CC=CCC1. The van der Waals surface area contributed by atoms with E-state index < -0.39 is 0 Å². The highest BCUT2D eigenvalue weighted by molar-refractivity contribution is 5.75. The van der Waals surface area contributed by atoms with E-state index in [9.17, 15) is 4.79 Å². The molecule has 78 valence electrons. The first kappa shape index (κ1) is 9.75. The number of hydrogen-bond donors (Lipinski definition) is 0. The van der Waals surface area contributed by atoms with Gasteiger partial charge in [0, 0.05) is 0 Å². The molecular formula is C12H18O2. The first-order valence-corrected chi connectivity index (χ1v) is 5.59. The largest absolute Gasteiger partial charge is 0.465 e.